The number of nitriles is 1. The fourth-order valence-electron chi connectivity index (χ4n) is 4.65. The summed E-state index contributed by atoms with van der Waals surface area (Å²) in [5, 5.41) is 11.3. The number of dihydropyridines is 1. The van der Waals surface area contributed by atoms with Crippen LogP contribution in [0.25, 0.3) is 0 Å². The summed E-state index contributed by atoms with van der Waals surface area (Å²) in [6.07, 6.45) is 3.05. The van der Waals surface area contributed by atoms with E-state index in [0.29, 0.717) is 18.5 Å². The Bertz CT molecular complexity index is 1320. The minimum Gasteiger partial charge on any atom is -0.444 e. The molecule has 1 atom stereocenters. The standard InChI is InChI=1S/C24H27F5N6O3S/c1-23(2,3)38-22(37)34-14-10-24(9-12-30,11-15-34)35-18-8-13-31-21(36)19(18)20(33-35)32-16-4-6-17(7-5-16)39(25,26,27,28)29/h4-8,13,19H,9-11,14-15H2,1-3H3,(H,32,33). The number of allylic oxidation sites excluding steroid dienone is 1. The van der Waals surface area contributed by atoms with E-state index >= 15 is 0 Å². The van der Waals surface area contributed by atoms with E-state index in [-0.39, 0.29) is 43.2 Å². The van der Waals surface area contributed by atoms with Gasteiger partial charge in [0, 0.05) is 19.3 Å². The third kappa shape index (κ3) is 6.00. The van der Waals surface area contributed by atoms with Crippen molar-refractivity contribution in [3.63, 3.8) is 0 Å². The fraction of sp³-hybridized carbons (Fsp3) is 0.458. The van der Waals surface area contributed by atoms with Crippen LogP contribution in [0.2, 0.25) is 0 Å². The molecule has 0 saturated carbocycles. The van der Waals surface area contributed by atoms with Gasteiger partial charge in [-0.2, -0.15) is 5.26 Å². The first-order chi connectivity index (χ1) is 17.8. The van der Waals surface area contributed by atoms with Gasteiger partial charge in [0.25, 0.3) is 5.91 Å². The van der Waals surface area contributed by atoms with Crippen molar-refractivity contribution in [3.05, 3.63) is 36.0 Å². The van der Waals surface area contributed by atoms with Gasteiger partial charge in [0.15, 0.2) is 0 Å². The normalized spacial score (nSPS) is 23.8. The van der Waals surface area contributed by atoms with Crippen molar-refractivity contribution in [2.75, 3.05) is 13.1 Å². The van der Waals surface area contributed by atoms with Crippen LogP contribution in [-0.4, -0.2) is 58.2 Å². The van der Waals surface area contributed by atoms with Crippen LogP contribution in [0.4, 0.5) is 29.9 Å². The third-order valence-electron chi connectivity index (χ3n) is 6.51. The number of rotatable bonds is 4. The van der Waals surface area contributed by atoms with E-state index < -0.39 is 44.2 Å². The zero-order chi connectivity index (χ0) is 28.9. The van der Waals surface area contributed by atoms with E-state index in [2.05, 4.69) is 21.5 Å². The summed E-state index contributed by atoms with van der Waals surface area (Å²) in [6, 6.07) is 4.22. The minimum atomic E-state index is -9.86. The Balaban J connectivity index is 1.63. The molecule has 1 aromatic carbocycles. The van der Waals surface area contributed by atoms with Gasteiger partial charge in [-0.15, -0.1) is 0 Å². The lowest BCUT2D eigenvalue weighted by Crippen LogP contribution is -2.58. The van der Waals surface area contributed by atoms with Gasteiger partial charge in [-0.05, 0) is 64.0 Å². The monoisotopic (exact) mass is 574 g/mol. The van der Waals surface area contributed by atoms with Crippen molar-refractivity contribution in [2.24, 2.45) is 15.9 Å². The molecule has 1 aromatic rings. The summed E-state index contributed by atoms with van der Waals surface area (Å²) in [7, 11) is -9.86. The Kier molecular flexibility index (Phi) is 6.30. The molecule has 3 aliphatic rings. The van der Waals surface area contributed by atoms with Gasteiger partial charge in [-0.3, -0.25) is 15.2 Å². The first-order valence-corrected chi connectivity index (χ1v) is 13.9. The van der Waals surface area contributed by atoms with Crippen LogP contribution < -0.4 is 5.43 Å². The van der Waals surface area contributed by atoms with Crippen LogP contribution >= 0.6 is 10.2 Å². The average Bonchev–Trinajstić information content (AvgIpc) is 3.17. The number of nitrogens with one attached hydrogen (secondary N) is 1. The zero-order valence-electron chi connectivity index (χ0n) is 21.3. The number of amidine groups is 1. The largest absolute Gasteiger partial charge is 0.444 e. The molecule has 212 valence electrons. The number of fused-ring (bicyclic) bond motifs is 1. The molecule has 9 nitrogen and oxygen atoms in total. The minimum absolute atomic E-state index is 0.0173. The molecule has 3 aliphatic heterocycles. The number of hydrazine groups is 1. The number of piperidine rings is 1. The van der Waals surface area contributed by atoms with Crippen LogP contribution in [0.3, 0.4) is 0 Å². The molecule has 0 aromatic heterocycles. The van der Waals surface area contributed by atoms with Crippen LogP contribution in [0.1, 0.15) is 40.0 Å². The molecule has 3 heterocycles. The lowest BCUT2D eigenvalue weighted by atomic mass is 9.83. The molecule has 1 unspecified atom stereocenters. The summed E-state index contributed by atoms with van der Waals surface area (Å²) in [5.74, 6) is -1.61. The van der Waals surface area contributed by atoms with Gasteiger partial charge in [-0.1, -0.05) is 19.4 Å². The number of amides is 2. The molecule has 0 aliphatic carbocycles. The molecule has 39 heavy (non-hydrogen) atoms. The average molecular weight is 575 g/mol. The van der Waals surface area contributed by atoms with Gasteiger partial charge in [0.1, 0.15) is 22.3 Å². The number of likely N-dealkylation sites (tertiary alicyclic amines) is 1. The number of benzene rings is 1. The molecule has 0 bridgehead atoms. The highest BCUT2D eigenvalue weighted by Crippen LogP contribution is 3.02. The Morgan fingerprint density at radius 1 is 1.21 bits per heavy atom. The second-order valence-corrected chi connectivity index (χ2v) is 13.0. The van der Waals surface area contributed by atoms with Crippen LogP contribution in [0.15, 0.2) is 50.9 Å². The van der Waals surface area contributed by atoms with Crippen molar-refractivity contribution < 1.29 is 33.8 Å². The van der Waals surface area contributed by atoms with Crippen LogP contribution in [-0.2, 0) is 9.53 Å². The summed E-state index contributed by atoms with van der Waals surface area (Å²) in [5.41, 5.74) is 1.79. The maximum Gasteiger partial charge on any atom is 0.410 e. The molecule has 2 saturated heterocycles. The highest BCUT2D eigenvalue weighted by atomic mass is 32.5. The Hall–Kier alpha value is -3.67. The number of carbonyl (C=O) groups excluding carboxylic acids is 2. The van der Waals surface area contributed by atoms with Crippen LogP contribution in [0.5, 0.6) is 0 Å². The Morgan fingerprint density at radius 2 is 1.82 bits per heavy atom. The van der Waals surface area contributed by atoms with E-state index in [1.165, 1.54) is 11.1 Å². The Morgan fingerprint density at radius 3 is 2.36 bits per heavy atom. The molecule has 1 N–H and O–H groups in total. The fourth-order valence-corrected chi connectivity index (χ4v) is 5.30. The third-order valence-corrected chi connectivity index (χ3v) is 7.67. The molecule has 2 amide bonds. The predicted molar refractivity (Wildman–Crippen MR) is 135 cm³/mol. The van der Waals surface area contributed by atoms with Gasteiger partial charge >= 0.3 is 16.3 Å². The molecular formula is C24H27F5N6O3S. The first kappa shape index (κ1) is 28.3. The van der Waals surface area contributed by atoms with Crippen molar-refractivity contribution in [2.45, 2.75) is 56.1 Å². The van der Waals surface area contributed by atoms with E-state index in [1.807, 2.05) is 0 Å². The highest BCUT2D eigenvalue weighted by molar-refractivity contribution is 8.45. The zero-order valence-corrected chi connectivity index (χ0v) is 22.2. The quantitative estimate of drug-likeness (QED) is 0.443. The van der Waals surface area contributed by atoms with E-state index in [4.69, 9.17) is 4.74 Å². The summed E-state index contributed by atoms with van der Waals surface area (Å²) in [4.78, 5) is 32.8. The molecule has 4 rings (SSSR count). The number of nitrogens with zero attached hydrogens (tertiary/aromatic N) is 5. The smallest absolute Gasteiger partial charge is 0.410 e. The molecule has 0 spiro atoms. The number of halogens is 5. The van der Waals surface area contributed by atoms with E-state index in [1.54, 1.807) is 31.9 Å². The number of hydrogen-bond acceptors (Lipinski definition) is 6. The van der Waals surface area contributed by atoms with E-state index in [9.17, 15) is 34.3 Å². The molecule has 0 radical (unpaired) electrons. The van der Waals surface area contributed by atoms with Gasteiger partial charge in [0.2, 0.25) is 0 Å². The number of ether oxygens (including phenoxy) is 1. The molecular weight excluding hydrogens is 547 g/mol. The summed E-state index contributed by atoms with van der Waals surface area (Å²) in [6.45, 7) is 5.78. The van der Waals surface area contributed by atoms with Gasteiger partial charge in [-0.25, -0.2) is 14.8 Å². The number of hydrogen-bond donors (Lipinski definition) is 1. The molecule has 15 heteroatoms. The first-order valence-electron chi connectivity index (χ1n) is 11.9. The SMILES string of the molecule is CC(C)(C)OC(=O)N1CCC(CC#N)(N2NC(=Nc3ccc(S(F)(F)(F)(F)F)cc3)C3C(=O)N=CC=C32)CC1. The van der Waals surface area contributed by atoms with Crippen molar-refractivity contribution >= 4 is 40.0 Å². The predicted octanol–water partition coefficient (Wildman–Crippen LogP) is 5.99. The van der Waals surface area contributed by atoms with E-state index in [0.717, 1.165) is 12.1 Å². The van der Waals surface area contributed by atoms with Gasteiger partial charge in [0.05, 0.1) is 29.4 Å². The van der Waals surface area contributed by atoms with Crippen molar-refractivity contribution in [3.8, 4) is 6.07 Å². The second kappa shape index (κ2) is 8.67. The maximum absolute atomic E-state index is 13.1. The van der Waals surface area contributed by atoms with Gasteiger partial charge < -0.3 is 9.64 Å². The lowest BCUT2D eigenvalue weighted by Gasteiger charge is -2.47. The van der Waals surface area contributed by atoms with Crippen molar-refractivity contribution in [1.29, 1.82) is 5.26 Å². The van der Waals surface area contributed by atoms with Crippen LogP contribution in [0, 0.1) is 17.2 Å². The van der Waals surface area contributed by atoms with Crippen molar-refractivity contribution in [1.82, 2.24) is 15.3 Å². The summed E-state index contributed by atoms with van der Waals surface area (Å²) < 4.78 is 71.0. The number of aliphatic imine (C=N–C) groups is 2. The molecule has 2 fully saturated rings. The topological polar surface area (TPSA) is 110 Å². The summed E-state index contributed by atoms with van der Waals surface area (Å²) >= 11 is 0. The Labute approximate surface area is 221 Å². The second-order valence-electron chi connectivity index (χ2n) is 10.6. The number of carbonyl (C=O) groups is 2. The highest BCUT2D eigenvalue weighted by Gasteiger charge is 2.65. The lowest BCUT2D eigenvalue weighted by molar-refractivity contribution is -0.119. The maximum atomic E-state index is 13.1.